The molecule has 9 nitrogen and oxygen atoms in total. The predicted octanol–water partition coefficient (Wildman–Crippen LogP) is 4.97. The molecule has 206 valence electrons. The molecule has 0 radical (unpaired) electrons. The van der Waals surface area contributed by atoms with Gasteiger partial charge in [-0.05, 0) is 66.2 Å². The van der Waals surface area contributed by atoms with Gasteiger partial charge >= 0.3 is 5.97 Å². The molecule has 2 fully saturated rings. The van der Waals surface area contributed by atoms with Crippen molar-refractivity contribution in [1.82, 2.24) is 0 Å². The van der Waals surface area contributed by atoms with Crippen LogP contribution in [0.2, 0.25) is 0 Å². The number of carbonyl (C=O) groups is 3. The molecule has 2 heterocycles. The van der Waals surface area contributed by atoms with E-state index in [4.69, 9.17) is 19.0 Å². The van der Waals surface area contributed by atoms with Crippen molar-refractivity contribution in [1.29, 1.82) is 0 Å². The number of rotatable bonds is 7. The highest BCUT2D eigenvalue weighted by Crippen LogP contribution is 2.48. The molecule has 2 saturated heterocycles. The number of ether oxygens (including phenoxy) is 3. The first-order valence-corrected chi connectivity index (χ1v) is 13.0. The maximum Gasteiger partial charge on any atom is 0.343 e. The number of methoxy groups -OCH3 is 2. The van der Waals surface area contributed by atoms with Crippen LogP contribution in [-0.2, 0) is 14.4 Å². The fraction of sp³-hybridized carbons (Fsp3) is 0.156. The second-order valence-corrected chi connectivity index (χ2v) is 9.53. The number of esters is 1. The minimum Gasteiger partial charge on any atom is -0.497 e. The highest BCUT2D eigenvalue weighted by atomic mass is 16.7. The van der Waals surface area contributed by atoms with Crippen LogP contribution in [0.1, 0.15) is 22.0 Å². The van der Waals surface area contributed by atoms with Gasteiger partial charge in [0.25, 0.3) is 5.91 Å². The Hall–Kier alpha value is -5.15. The summed E-state index contributed by atoms with van der Waals surface area (Å²) < 4.78 is 16.4. The zero-order chi connectivity index (χ0) is 28.5. The van der Waals surface area contributed by atoms with Gasteiger partial charge < -0.3 is 14.2 Å². The van der Waals surface area contributed by atoms with E-state index in [1.807, 2.05) is 36.4 Å². The smallest absolute Gasteiger partial charge is 0.343 e. The molecule has 0 N–H and O–H groups in total. The molecule has 4 aromatic carbocycles. The number of anilines is 2. The summed E-state index contributed by atoms with van der Waals surface area (Å²) in [5.74, 6) is -1.07. The molecule has 0 saturated carbocycles. The maximum absolute atomic E-state index is 13.9. The minimum atomic E-state index is -1.03. The Morgan fingerprint density at radius 3 is 2.07 bits per heavy atom. The standard InChI is InChI=1S/C32H26N2O7/c1-38-24-16-14-22(15-17-24)33-30(35)27-28(34(41-29(27)31(33)36)23-11-7-4-8-12-23)21-13-18-25(26(19-21)39-2)40-32(37)20-9-5-3-6-10-20/h3-19,27-29H,1-2H3/t27-,28-,29-/m0/s1. The lowest BCUT2D eigenvalue weighted by Crippen LogP contribution is -2.37. The molecular weight excluding hydrogens is 524 g/mol. The highest BCUT2D eigenvalue weighted by molar-refractivity contribution is 6.24. The SMILES string of the molecule is COc1ccc(N2C(=O)[C@@H]3[C@H](ON(c4ccccc4)[C@H]3c3ccc(OC(=O)c4ccccc4)c(OC)c3)C2=O)cc1. The molecular formula is C32H26N2O7. The zero-order valence-electron chi connectivity index (χ0n) is 22.3. The first kappa shape index (κ1) is 26.1. The van der Waals surface area contributed by atoms with Crippen LogP contribution in [0.4, 0.5) is 11.4 Å². The van der Waals surface area contributed by atoms with E-state index in [1.165, 1.54) is 7.11 Å². The van der Waals surface area contributed by atoms with E-state index >= 15 is 0 Å². The second-order valence-electron chi connectivity index (χ2n) is 9.53. The Kier molecular flexibility index (Phi) is 6.86. The van der Waals surface area contributed by atoms with Crippen molar-refractivity contribution in [3.63, 3.8) is 0 Å². The molecule has 2 aliphatic rings. The van der Waals surface area contributed by atoms with Crippen molar-refractivity contribution >= 4 is 29.2 Å². The van der Waals surface area contributed by atoms with Gasteiger partial charge in [-0.3, -0.25) is 14.4 Å². The lowest BCUT2D eigenvalue weighted by Gasteiger charge is -2.29. The van der Waals surface area contributed by atoms with Crippen LogP contribution in [0.3, 0.4) is 0 Å². The third-order valence-electron chi connectivity index (χ3n) is 7.20. The Bertz CT molecular complexity index is 1590. The number of hydroxylamine groups is 1. The third-order valence-corrected chi connectivity index (χ3v) is 7.20. The first-order chi connectivity index (χ1) is 20.0. The van der Waals surface area contributed by atoms with Crippen molar-refractivity contribution in [3.05, 3.63) is 114 Å². The Balaban J connectivity index is 1.37. The predicted molar refractivity (Wildman–Crippen MR) is 150 cm³/mol. The van der Waals surface area contributed by atoms with Gasteiger partial charge in [0.15, 0.2) is 17.6 Å². The molecule has 0 unspecified atom stereocenters. The quantitative estimate of drug-likeness (QED) is 0.181. The van der Waals surface area contributed by atoms with Crippen LogP contribution in [0.5, 0.6) is 17.2 Å². The number of benzene rings is 4. The Morgan fingerprint density at radius 2 is 1.41 bits per heavy atom. The topological polar surface area (TPSA) is 94.6 Å². The van der Waals surface area contributed by atoms with E-state index in [0.29, 0.717) is 34.0 Å². The molecule has 3 atom stereocenters. The first-order valence-electron chi connectivity index (χ1n) is 13.0. The fourth-order valence-corrected chi connectivity index (χ4v) is 5.22. The monoisotopic (exact) mass is 550 g/mol. The van der Waals surface area contributed by atoms with Gasteiger partial charge in [-0.25, -0.2) is 14.8 Å². The van der Waals surface area contributed by atoms with Crippen molar-refractivity contribution in [2.45, 2.75) is 12.1 Å². The summed E-state index contributed by atoms with van der Waals surface area (Å²) in [5.41, 5.74) is 2.16. The molecule has 0 aromatic heterocycles. The lowest BCUT2D eigenvalue weighted by atomic mass is 9.90. The van der Waals surface area contributed by atoms with E-state index in [2.05, 4.69) is 0 Å². The van der Waals surface area contributed by atoms with Crippen molar-refractivity contribution in [3.8, 4) is 17.2 Å². The summed E-state index contributed by atoms with van der Waals surface area (Å²) in [6.45, 7) is 0. The molecule has 0 aliphatic carbocycles. The number of hydrogen-bond acceptors (Lipinski definition) is 8. The second kappa shape index (κ2) is 10.8. The van der Waals surface area contributed by atoms with Gasteiger partial charge in [0, 0.05) is 0 Å². The number of hydrogen-bond donors (Lipinski definition) is 0. The van der Waals surface area contributed by atoms with E-state index in [9.17, 15) is 14.4 Å². The van der Waals surface area contributed by atoms with Crippen molar-refractivity contribution < 1.29 is 33.4 Å². The number of carbonyl (C=O) groups excluding carboxylic acids is 3. The molecule has 9 heteroatoms. The van der Waals surface area contributed by atoms with Crippen LogP contribution in [0.25, 0.3) is 0 Å². The van der Waals surface area contributed by atoms with Gasteiger partial charge in [-0.15, -0.1) is 0 Å². The molecule has 4 aromatic rings. The normalized spacial score (nSPS) is 19.7. The highest BCUT2D eigenvalue weighted by Gasteiger charge is 2.60. The largest absolute Gasteiger partial charge is 0.497 e. The van der Waals surface area contributed by atoms with E-state index < -0.39 is 29.9 Å². The molecule has 2 amide bonds. The summed E-state index contributed by atoms with van der Waals surface area (Å²) in [6, 6.07) is 29.0. The van der Waals surface area contributed by atoms with Crippen molar-refractivity contribution in [2.24, 2.45) is 5.92 Å². The number of amides is 2. The average molecular weight is 551 g/mol. The summed E-state index contributed by atoms with van der Waals surface area (Å²) in [5, 5.41) is 1.60. The van der Waals surface area contributed by atoms with Crippen molar-refractivity contribution in [2.75, 3.05) is 24.2 Å². The van der Waals surface area contributed by atoms with Crippen LogP contribution in [0.15, 0.2) is 103 Å². The van der Waals surface area contributed by atoms with Crippen LogP contribution < -0.4 is 24.2 Å². The van der Waals surface area contributed by atoms with Gasteiger partial charge in [-0.1, -0.05) is 42.5 Å². The fourth-order valence-electron chi connectivity index (χ4n) is 5.22. The van der Waals surface area contributed by atoms with Gasteiger partial charge in [-0.2, -0.15) is 0 Å². The molecule has 0 spiro atoms. The minimum absolute atomic E-state index is 0.223. The van der Waals surface area contributed by atoms with Gasteiger partial charge in [0.2, 0.25) is 5.91 Å². The number of imide groups is 1. The molecule has 41 heavy (non-hydrogen) atoms. The lowest BCUT2D eigenvalue weighted by molar-refractivity contribution is -0.126. The summed E-state index contributed by atoms with van der Waals surface area (Å²) >= 11 is 0. The van der Waals surface area contributed by atoms with Crippen LogP contribution in [-0.4, -0.2) is 38.1 Å². The van der Waals surface area contributed by atoms with E-state index in [0.717, 1.165) is 4.90 Å². The van der Waals surface area contributed by atoms with Crippen LogP contribution >= 0.6 is 0 Å². The van der Waals surface area contributed by atoms with E-state index in [1.54, 1.807) is 78.9 Å². The number of nitrogens with zero attached hydrogens (tertiary/aromatic N) is 2. The maximum atomic E-state index is 13.9. The molecule has 2 aliphatic heterocycles. The Labute approximate surface area is 236 Å². The number of fused-ring (bicyclic) bond motifs is 1. The average Bonchev–Trinajstić information content (AvgIpc) is 3.53. The number of para-hydroxylation sites is 1. The van der Waals surface area contributed by atoms with E-state index in [-0.39, 0.29) is 11.7 Å². The molecule has 6 rings (SSSR count). The Morgan fingerprint density at radius 1 is 0.732 bits per heavy atom. The summed E-state index contributed by atoms with van der Waals surface area (Å²) in [7, 11) is 3.02. The van der Waals surface area contributed by atoms with Gasteiger partial charge in [0.05, 0.1) is 37.2 Å². The summed E-state index contributed by atoms with van der Waals surface area (Å²) in [6.07, 6.45) is -1.03. The third kappa shape index (κ3) is 4.66. The molecule has 0 bridgehead atoms. The zero-order valence-corrected chi connectivity index (χ0v) is 22.3. The van der Waals surface area contributed by atoms with Crippen LogP contribution in [0, 0.1) is 5.92 Å². The summed E-state index contributed by atoms with van der Waals surface area (Å²) in [4.78, 5) is 47.6. The van der Waals surface area contributed by atoms with Gasteiger partial charge in [0.1, 0.15) is 11.7 Å².